The van der Waals surface area contributed by atoms with Crippen LogP contribution in [0.15, 0.2) is 54.6 Å². The van der Waals surface area contributed by atoms with Crippen molar-refractivity contribution in [3.8, 4) is 0 Å². The third-order valence-electron chi connectivity index (χ3n) is 4.31. The molecule has 6 nitrogen and oxygen atoms in total. The first-order valence-corrected chi connectivity index (χ1v) is 8.69. The molecule has 2 atom stereocenters. The second kappa shape index (κ2) is 7.82. The standard InChI is InChI=1S/C20H22N4O2/c1-3-15(14-9-5-4-6-10-14)19(26)21-13(2)18(25)24-20-22-16-11-7-8-12-17(16)23-20/h4-13,15H,3H2,1-2H3,(H,21,26)(H2,22,23,24,25)/t13-,15+/m1/s1. The van der Waals surface area contributed by atoms with Crippen LogP contribution in [0.1, 0.15) is 31.7 Å². The number of amides is 2. The van der Waals surface area contributed by atoms with Gasteiger partial charge in [-0.25, -0.2) is 4.98 Å². The Bertz CT molecular complexity index is 871. The number of benzene rings is 2. The molecule has 0 unspecified atom stereocenters. The summed E-state index contributed by atoms with van der Waals surface area (Å²) in [6.45, 7) is 3.62. The molecule has 1 aromatic heterocycles. The summed E-state index contributed by atoms with van der Waals surface area (Å²) in [5.74, 6) is -0.392. The van der Waals surface area contributed by atoms with Gasteiger partial charge >= 0.3 is 0 Å². The molecule has 2 aromatic carbocycles. The van der Waals surface area contributed by atoms with Gasteiger partial charge < -0.3 is 10.3 Å². The van der Waals surface area contributed by atoms with E-state index in [2.05, 4.69) is 20.6 Å². The summed E-state index contributed by atoms with van der Waals surface area (Å²) in [4.78, 5) is 32.3. The SMILES string of the molecule is CC[C@H](C(=O)N[C@H](C)C(=O)Nc1nc2ccccc2[nH]1)c1ccccc1. The van der Waals surface area contributed by atoms with Gasteiger partial charge in [-0.05, 0) is 31.0 Å². The third-order valence-corrected chi connectivity index (χ3v) is 4.31. The van der Waals surface area contributed by atoms with Crippen molar-refractivity contribution in [2.24, 2.45) is 0 Å². The minimum Gasteiger partial charge on any atom is -0.344 e. The number of rotatable bonds is 6. The number of nitrogens with zero attached hydrogens (tertiary/aromatic N) is 1. The van der Waals surface area contributed by atoms with Crippen molar-refractivity contribution in [3.63, 3.8) is 0 Å². The Morgan fingerprint density at radius 2 is 1.73 bits per heavy atom. The Kier molecular flexibility index (Phi) is 5.31. The number of hydrogen-bond donors (Lipinski definition) is 3. The van der Waals surface area contributed by atoms with Gasteiger partial charge in [-0.2, -0.15) is 0 Å². The van der Waals surface area contributed by atoms with E-state index in [1.807, 2.05) is 61.5 Å². The zero-order valence-electron chi connectivity index (χ0n) is 14.8. The molecule has 0 aliphatic carbocycles. The molecule has 1 heterocycles. The molecule has 26 heavy (non-hydrogen) atoms. The molecule has 0 radical (unpaired) electrons. The lowest BCUT2D eigenvalue weighted by Gasteiger charge is -2.19. The zero-order valence-corrected chi connectivity index (χ0v) is 14.8. The second-order valence-corrected chi connectivity index (χ2v) is 6.19. The molecule has 0 bridgehead atoms. The molecule has 134 valence electrons. The van der Waals surface area contributed by atoms with Crippen molar-refractivity contribution in [3.05, 3.63) is 60.2 Å². The first-order valence-electron chi connectivity index (χ1n) is 8.69. The van der Waals surface area contributed by atoms with E-state index >= 15 is 0 Å². The molecule has 3 rings (SSSR count). The summed E-state index contributed by atoms with van der Waals surface area (Å²) in [6.07, 6.45) is 0.660. The number of H-pyrrole nitrogens is 1. The van der Waals surface area contributed by atoms with E-state index in [9.17, 15) is 9.59 Å². The summed E-state index contributed by atoms with van der Waals surface area (Å²) in [5, 5.41) is 5.50. The molecule has 3 N–H and O–H groups in total. The zero-order chi connectivity index (χ0) is 18.5. The highest BCUT2D eigenvalue weighted by atomic mass is 16.2. The van der Waals surface area contributed by atoms with Crippen LogP contribution in [0.25, 0.3) is 11.0 Å². The molecule has 0 spiro atoms. The number of nitrogens with one attached hydrogen (secondary N) is 3. The van der Waals surface area contributed by atoms with Crippen LogP contribution in [0.5, 0.6) is 0 Å². The van der Waals surface area contributed by atoms with Crippen LogP contribution in [-0.4, -0.2) is 27.8 Å². The maximum Gasteiger partial charge on any atom is 0.248 e. The van der Waals surface area contributed by atoms with E-state index in [0.29, 0.717) is 12.4 Å². The topological polar surface area (TPSA) is 86.9 Å². The quantitative estimate of drug-likeness (QED) is 0.638. The monoisotopic (exact) mass is 350 g/mol. The van der Waals surface area contributed by atoms with Gasteiger partial charge in [-0.1, -0.05) is 49.4 Å². The third kappa shape index (κ3) is 3.91. The van der Waals surface area contributed by atoms with Crippen LogP contribution in [0.2, 0.25) is 0 Å². The van der Waals surface area contributed by atoms with Crippen molar-refractivity contribution >= 4 is 28.8 Å². The number of imidazole rings is 1. The minimum absolute atomic E-state index is 0.161. The molecule has 3 aromatic rings. The summed E-state index contributed by atoms with van der Waals surface area (Å²) in [7, 11) is 0. The lowest BCUT2D eigenvalue weighted by atomic mass is 9.95. The average molecular weight is 350 g/mol. The fraction of sp³-hybridized carbons (Fsp3) is 0.250. The number of anilines is 1. The molecule has 0 aliphatic rings. The van der Waals surface area contributed by atoms with Gasteiger partial charge in [0.15, 0.2) is 0 Å². The lowest BCUT2D eigenvalue weighted by Crippen LogP contribution is -2.43. The van der Waals surface area contributed by atoms with Crippen molar-refractivity contribution in [2.75, 3.05) is 5.32 Å². The molecular weight excluding hydrogens is 328 g/mol. The number of carbonyl (C=O) groups excluding carboxylic acids is 2. The summed E-state index contributed by atoms with van der Waals surface area (Å²) in [6, 6.07) is 16.4. The van der Waals surface area contributed by atoms with Crippen LogP contribution < -0.4 is 10.6 Å². The fourth-order valence-electron chi connectivity index (χ4n) is 2.87. The Balaban J connectivity index is 1.63. The Morgan fingerprint density at radius 1 is 1.04 bits per heavy atom. The van der Waals surface area contributed by atoms with E-state index < -0.39 is 6.04 Å². The van der Waals surface area contributed by atoms with Gasteiger partial charge in [-0.15, -0.1) is 0 Å². The van der Waals surface area contributed by atoms with Crippen molar-refractivity contribution in [2.45, 2.75) is 32.2 Å². The number of hydrogen-bond acceptors (Lipinski definition) is 3. The number of fused-ring (bicyclic) bond motifs is 1. The highest BCUT2D eigenvalue weighted by Crippen LogP contribution is 2.19. The van der Waals surface area contributed by atoms with Crippen LogP contribution >= 0.6 is 0 Å². The van der Waals surface area contributed by atoms with Gasteiger partial charge in [0.25, 0.3) is 0 Å². The predicted molar refractivity (Wildman–Crippen MR) is 102 cm³/mol. The molecule has 0 saturated carbocycles. The minimum atomic E-state index is -0.673. The van der Waals surface area contributed by atoms with Crippen LogP contribution in [-0.2, 0) is 9.59 Å². The average Bonchev–Trinajstić information content (AvgIpc) is 3.05. The van der Waals surface area contributed by atoms with E-state index in [1.54, 1.807) is 6.92 Å². The van der Waals surface area contributed by atoms with Crippen LogP contribution in [0.3, 0.4) is 0 Å². The van der Waals surface area contributed by atoms with Crippen molar-refractivity contribution in [1.82, 2.24) is 15.3 Å². The molecule has 2 amide bonds. The first kappa shape index (κ1) is 17.7. The highest BCUT2D eigenvalue weighted by molar-refractivity contribution is 5.97. The molecular formula is C20H22N4O2. The van der Waals surface area contributed by atoms with Gasteiger partial charge in [0.2, 0.25) is 17.8 Å². The normalized spacial score (nSPS) is 13.2. The van der Waals surface area contributed by atoms with Gasteiger partial charge in [0, 0.05) is 0 Å². The first-order chi connectivity index (χ1) is 12.6. The number of carbonyl (C=O) groups is 2. The molecule has 0 saturated heterocycles. The Morgan fingerprint density at radius 3 is 2.42 bits per heavy atom. The summed E-state index contributed by atoms with van der Waals surface area (Å²) < 4.78 is 0. The molecule has 0 aliphatic heterocycles. The predicted octanol–water partition coefficient (Wildman–Crippen LogP) is 3.20. The second-order valence-electron chi connectivity index (χ2n) is 6.19. The largest absolute Gasteiger partial charge is 0.344 e. The van der Waals surface area contributed by atoms with E-state index in [-0.39, 0.29) is 17.7 Å². The van der Waals surface area contributed by atoms with Crippen molar-refractivity contribution in [1.29, 1.82) is 0 Å². The lowest BCUT2D eigenvalue weighted by molar-refractivity contribution is -0.127. The number of aromatic nitrogens is 2. The maximum absolute atomic E-state index is 12.6. The van der Waals surface area contributed by atoms with E-state index in [1.165, 1.54) is 0 Å². The molecule has 6 heteroatoms. The van der Waals surface area contributed by atoms with Crippen molar-refractivity contribution < 1.29 is 9.59 Å². The Hall–Kier alpha value is -3.15. The highest BCUT2D eigenvalue weighted by Gasteiger charge is 2.23. The van der Waals surface area contributed by atoms with Crippen LogP contribution in [0.4, 0.5) is 5.95 Å². The smallest absolute Gasteiger partial charge is 0.248 e. The van der Waals surface area contributed by atoms with Crippen LogP contribution in [0, 0.1) is 0 Å². The summed E-state index contributed by atoms with van der Waals surface area (Å²) in [5.41, 5.74) is 2.56. The van der Waals surface area contributed by atoms with E-state index in [0.717, 1.165) is 16.6 Å². The number of aromatic amines is 1. The molecule has 0 fully saturated rings. The number of para-hydroxylation sites is 2. The summed E-state index contributed by atoms with van der Waals surface area (Å²) >= 11 is 0. The van der Waals surface area contributed by atoms with Gasteiger partial charge in [0.1, 0.15) is 6.04 Å². The Labute approximate surface area is 152 Å². The maximum atomic E-state index is 12.6. The van der Waals surface area contributed by atoms with Gasteiger partial charge in [0.05, 0.1) is 17.0 Å². The van der Waals surface area contributed by atoms with Gasteiger partial charge in [-0.3, -0.25) is 14.9 Å². The van der Waals surface area contributed by atoms with E-state index in [4.69, 9.17) is 0 Å². The fourth-order valence-corrected chi connectivity index (χ4v) is 2.87.